The van der Waals surface area contributed by atoms with Crippen LogP contribution in [0.2, 0.25) is 0 Å². The van der Waals surface area contributed by atoms with Crippen LogP contribution in [0.25, 0.3) is 10.2 Å². The van der Waals surface area contributed by atoms with Crippen molar-refractivity contribution in [2.24, 2.45) is 0 Å². The molecular formula is C18H15F2N3O3S. The van der Waals surface area contributed by atoms with Crippen molar-refractivity contribution in [1.82, 2.24) is 10.3 Å². The highest BCUT2D eigenvalue weighted by Gasteiger charge is 2.25. The predicted molar refractivity (Wildman–Crippen MR) is 98.5 cm³/mol. The molecule has 0 radical (unpaired) electrons. The second-order valence-electron chi connectivity index (χ2n) is 5.91. The summed E-state index contributed by atoms with van der Waals surface area (Å²) < 4.78 is 27.8. The van der Waals surface area contributed by atoms with Gasteiger partial charge in [-0.15, -0.1) is 11.3 Å². The van der Waals surface area contributed by atoms with Crippen LogP contribution in [0.3, 0.4) is 0 Å². The number of carboxylic acid groups (broad SMARTS) is 1. The van der Waals surface area contributed by atoms with Gasteiger partial charge < -0.3 is 15.3 Å². The molecule has 2 aromatic carbocycles. The van der Waals surface area contributed by atoms with E-state index in [2.05, 4.69) is 10.3 Å². The van der Waals surface area contributed by atoms with E-state index >= 15 is 0 Å². The molecule has 3 rings (SSSR count). The van der Waals surface area contributed by atoms with Gasteiger partial charge in [0.25, 0.3) is 0 Å². The van der Waals surface area contributed by atoms with E-state index in [-0.39, 0.29) is 12.1 Å². The predicted octanol–water partition coefficient (Wildman–Crippen LogP) is 3.53. The number of amides is 1. The first-order valence-electron chi connectivity index (χ1n) is 7.87. The first kappa shape index (κ1) is 18.7. The first-order chi connectivity index (χ1) is 12.8. The summed E-state index contributed by atoms with van der Waals surface area (Å²) in [4.78, 5) is 29.6. The lowest BCUT2D eigenvalue weighted by atomic mass is 10.0. The zero-order valence-corrected chi connectivity index (χ0v) is 15.0. The van der Waals surface area contributed by atoms with Crippen LogP contribution in [-0.4, -0.2) is 41.6 Å². The summed E-state index contributed by atoms with van der Waals surface area (Å²) in [5.41, 5.74) is 2.98. The first-order valence-corrected chi connectivity index (χ1v) is 8.75. The van der Waals surface area contributed by atoms with Crippen LogP contribution >= 0.6 is 11.3 Å². The minimum absolute atomic E-state index is 0.0289. The van der Waals surface area contributed by atoms with E-state index < -0.39 is 29.6 Å². The number of ketones is 1. The number of nitrogens with one attached hydrogen (secondary N) is 1. The fourth-order valence-electron chi connectivity index (χ4n) is 2.70. The molecule has 1 amide bonds. The van der Waals surface area contributed by atoms with Gasteiger partial charge in [-0.25, -0.2) is 18.6 Å². The van der Waals surface area contributed by atoms with Gasteiger partial charge in [-0.3, -0.25) is 4.79 Å². The monoisotopic (exact) mass is 391 g/mol. The third-order valence-corrected chi connectivity index (χ3v) is 4.78. The molecule has 0 aliphatic carbocycles. The number of halogens is 2. The molecule has 0 fully saturated rings. The molecule has 0 aliphatic rings. The Morgan fingerprint density at radius 3 is 2.59 bits per heavy atom. The van der Waals surface area contributed by atoms with E-state index in [1.165, 1.54) is 11.3 Å². The van der Waals surface area contributed by atoms with Crippen LogP contribution in [0, 0.1) is 11.6 Å². The summed E-state index contributed by atoms with van der Waals surface area (Å²) in [5, 5.41) is 11.2. The van der Waals surface area contributed by atoms with Crippen LogP contribution < -0.4 is 10.2 Å². The molecule has 1 unspecified atom stereocenters. The third-order valence-electron chi connectivity index (χ3n) is 3.97. The second-order valence-corrected chi connectivity index (χ2v) is 6.80. The van der Waals surface area contributed by atoms with Gasteiger partial charge in [0.1, 0.15) is 17.7 Å². The molecule has 0 saturated heterocycles. The number of benzene rings is 2. The molecule has 1 heterocycles. The highest BCUT2D eigenvalue weighted by Crippen LogP contribution is 2.23. The van der Waals surface area contributed by atoms with Crippen LogP contribution in [-0.2, 0) is 0 Å². The maximum Gasteiger partial charge on any atom is 0.405 e. The zero-order valence-electron chi connectivity index (χ0n) is 14.1. The minimum atomic E-state index is -1.41. The van der Waals surface area contributed by atoms with Gasteiger partial charge in [0.2, 0.25) is 0 Å². The van der Waals surface area contributed by atoms with E-state index in [0.29, 0.717) is 6.07 Å². The SMILES string of the molecule is CN(CC(NC(=O)O)C(=O)c1cc(F)cc(F)c1)c1ccc2scnc2c1. The largest absolute Gasteiger partial charge is 0.465 e. The number of carbonyl (C=O) groups excluding carboxylic acids is 1. The topological polar surface area (TPSA) is 82.5 Å². The Labute approximate surface area is 157 Å². The number of fused-ring (bicyclic) bond motifs is 1. The summed E-state index contributed by atoms with van der Waals surface area (Å²) in [6.07, 6.45) is -1.41. The number of nitrogens with zero attached hydrogens (tertiary/aromatic N) is 2. The smallest absolute Gasteiger partial charge is 0.405 e. The van der Waals surface area contributed by atoms with Gasteiger partial charge in [0, 0.05) is 30.9 Å². The summed E-state index contributed by atoms with van der Waals surface area (Å²) in [5.74, 6) is -2.54. The number of aromatic nitrogens is 1. The molecule has 3 aromatic rings. The lowest BCUT2D eigenvalue weighted by Gasteiger charge is -2.25. The van der Waals surface area contributed by atoms with Crippen LogP contribution in [0.1, 0.15) is 10.4 Å². The Bertz CT molecular complexity index is 988. The van der Waals surface area contributed by atoms with Gasteiger partial charge in [0.05, 0.1) is 15.7 Å². The molecule has 0 saturated carbocycles. The number of Topliss-reactive ketones (excluding diaryl/α,β-unsaturated/α-hetero) is 1. The minimum Gasteiger partial charge on any atom is -0.465 e. The van der Waals surface area contributed by atoms with Gasteiger partial charge in [-0.2, -0.15) is 0 Å². The molecule has 9 heteroatoms. The number of carbonyl (C=O) groups is 2. The van der Waals surface area contributed by atoms with E-state index in [4.69, 9.17) is 5.11 Å². The van der Waals surface area contributed by atoms with E-state index in [9.17, 15) is 18.4 Å². The highest BCUT2D eigenvalue weighted by molar-refractivity contribution is 7.16. The maximum atomic E-state index is 13.4. The third kappa shape index (κ3) is 4.37. The van der Waals surface area contributed by atoms with Gasteiger partial charge in [-0.1, -0.05) is 0 Å². The Kier molecular flexibility index (Phi) is 5.31. The molecular weight excluding hydrogens is 376 g/mol. The number of hydrogen-bond acceptors (Lipinski definition) is 5. The lowest BCUT2D eigenvalue weighted by molar-refractivity contribution is 0.0939. The molecule has 140 valence electrons. The second kappa shape index (κ2) is 7.67. The molecule has 2 N–H and O–H groups in total. The molecule has 27 heavy (non-hydrogen) atoms. The summed E-state index contributed by atoms with van der Waals surface area (Å²) >= 11 is 1.49. The standard InChI is InChI=1S/C18H15F2N3O3S/c1-23(13-2-3-16-14(7-13)21-9-27-16)8-15(22-18(25)26)17(24)10-4-11(19)6-12(20)5-10/h2-7,9,15,22H,8H2,1H3,(H,25,26). The van der Waals surface area contributed by atoms with Gasteiger partial charge in [-0.05, 0) is 30.3 Å². The van der Waals surface area contributed by atoms with E-state index in [1.807, 2.05) is 18.2 Å². The van der Waals surface area contributed by atoms with E-state index in [1.54, 1.807) is 17.5 Å². The Hall–Kier alpha value is -3.07. The van der Waals surface area contributed by atoms with Crippen LogP contribution in [0.15, 0.2) is 41.9 Å². The van der Waals surface area contributed by atoms with Crippen molar-refractivity contribution in [2.75, 3.05) is 18.5 Å². The Morgan fingerprint density at radius 1 is 1.22 bits per heavy atom. The molecule has 6 nitrogen and oxygen atoms in total. The average molecular weight is 391 g/mol. The van der Waals surface area contributed by atoms with Crippen molar-refractivity contribution in [1.29, 1.82) is 0 Å². The normalized spacial score (nSPS) is 12.0. The summed E-state index contributed by atoms with van der Waals surface area (Å²) in [6.45, 7) is -0.0289. The van der Waals surface area contributed by atoms with E-state index in [0.717, 1.165) is 28.0 Å². The lowest BCUT2D eigenvalue weighted by Crippen LogP contribution is -2.47. The van der Waals surface area contributed by atoms with Gasteiger partial charge >= 0.3 is 6.09 Å². The van der Waals surface area contributed by atoms with Gasteiger partial charge in [0.15, 0.2) is 5.78 Å². The fourth-order valence-corrected chi connectivity index (χ4v) is 3.36. The number of thiazole rings is 1. The molecule has 1 atom stereocenters. The van der Waals surface area contributed by atoms with Crippen LogP contribution in [0.5, 0.6) is 0 Å². The Balaban J connectivity index is 1.85. The Morgan fingerprint density at radius 2 is 1.93 bits per heavy atom. The molecule has 0 bridgehead atoms. The van der Waals surface area contributed by atoms with Crippen molar-refractivity contribution in [3.8, 4) is 0 Å². The van der Waals surface area contributed by atoms with Crippen molar-refractivity contribution in [3.63, 3.8) is 0 Å². The number of likely N-dealkylation sites (N-methyl/N-ethyl adjacent to an activating group) is 1. The quantitative estimate of drug-likeness (QED) is 0.628. The highest BCUT2D eigenvalue weighted by atomic mass is 32.1. The molecule has 0 spiro atoms. The fraction of sp³-hybridized carbons (Fsp3) is 0.167. The van der Waals surface area contributed by atoms with Crippen molar-refractivity contribution in [3.05, 3.63) is 59.1 Å². The van der Waals surface area contributed by atoms with Crippen molar-refractivity contribution >= 4 is 39.1 Å². The average Bonchev–Trinajstić information content (AvgIpc) is 3.06. The van der Waals surface area contributed by atoms with Crippen molar-refractivity contribution < 1.29 is 23.5 Å². The maximum absolute atomic E-state index is 13.4. The number of rotatable bonds is 6. The summed E-state index contributed by atoms with van der Waals surface area (Å²) in [7, 11) is 1.68. The molecule has 0 aliphatic heterocycles. The van der Waals surface area contributed by atoms with Crippen LogP contribution in [0.4, 0.5) is 19.3 Å². The molecule has 1 aromatic heterocycles. The van der Waals surface area contributed by atoms with Crippen molar-refractivity contribution in [2.45, 2.75) is 6.04 Å². The summed E-state index contributed by atoms with van der Waals surface area (Å²) in [6, 6.07) is 6.71. The zero-order chi connectivity index (χ0) is 19.6. The number of hydrogen-bond donors (Lipinski definition) is 2. The number of anilines is 1.